The topological polar surface area (TPSA) is 69.4 Å². The van der Waals surface area contributed by atoms with E-state index in [0.717, 1.165) is 11.0 Å². The zero-order valence-corrected chi connectivity index (χ0v) is 14.4. The molecule has 24 heavy (non-hydrogen) atoms. The van der Waals surface area contributed by atoms with Gasteiger partial charge in [0.1, 0.15) is 28.8 Å². The summed E-state index contributed by atoms with van der Waals surface area (Å²) in [7, 11) is 0. The maximum Gasteiger partial charge on any atom is 0.164 e. The van der Waals surface area contributed by atoms with E-state index in [4.69, 9.17) is 21.1 Å². The molecule has 0 bridgehead atoms. The van der Waals surface area contributed by atoms with Crippen molar-refractivity contribution >= 4 is 22.6 Å². The molecule has 1 aliphatic heterocycles. The van der Waals surface area contributed by atoms with Crippen LogP contribution in [0.1, 0.15) is 26.8 Å². The normalized spacial score (nSPS) is 47.5. The lowest BCUT2D eigenvalue weighted by molar-refractivity contribution is -0.202. The zero-order chi connectivity index (χ0) is 16.6. The number of aliphatic hydroxyl groups excluding tert-OH is 1. The maximum atomic E-state index is 10.5. The van der Waals surface area contributed by atoms with Gasteiger partial charge in [-0.3, -0.25) is 0 Å². The van der Waals surface area contributed by atoms with Gasteiger partial charge in [0.15, 0.2) is 5.79 Å². The minimum Gasteiger partial charge on any atom is -0.393 e. The van der Waals surface area contributed by atoms with E-state index < -0.39 is 11.9 Å². The number of fused-ring (bicyclic) bond motifs is 3. The summed E-state index contributed by atoms with van der Waals surface area (Å²) in [5.41, 5.74) is 0.290. The Morgan fingerprint density at radius 2 is 2.17 bits per heavy atom. The minimum atomic E-state index is -0.626. The Labute approximate surface area is 143 Å². The van der Waals surface area contributed by atoms with E-state index >= 15 is 0 Å². The molecule has 7 heteroatoms. The number of rotatable bonds is 2. The van der Waals surface area contributed by atoms with Gasteiger partial charge in [0.25, 0.3) is 0 Å². The lowest BCUT2D eigenvalue weighted by Gasteiger charge is -2.52. The van der Waals surface area contributed by atoms with Crippen LogP contribution in [0.2, 0.25) is 5.15 Å². The van der Waals surface area contributed by atoms with Crippen molar-refractivity contribution in [3.63, 3.8) is 0 Å². The van der Waals surface area contributed by atoms with Crippen LogP contribution in [0.25, 0.3) is 11.0 Å². The molecule has 3 saturated carbocycles. The second kappa shape index (κ2) is 3.65. The van der Waals surface area contributed by atoms with Crippen LogP contribution >= 0.6 is 11.6 Å². The van der Waals surface area contributed by atoms with E-state index in [-0.39, 0.29) is 23.2 Å². The third-order valence-corrected chi connectivity index (χ3v) is 7.13. The molecule has 4 aliphatic rings. The minimum absolute atomic E-state index is 0.0604. The van der Waals surface area contributed by atoms with E-state index in [1.165, 1.54) is 6.33 Å². The van der Waals surface area contributed by atoms with Gasteiger partial charge >= 0.3 is 0 Å². The Hall–Kier alpha value is -1.21. The van der Waals surface area contributed by atoms with Gasteiger partial charge in [-0.1, -0.05) is 11.6 Å². The summed E-state index contributed by atoms with van der Waals surface area (Å²) in [6.07, 6.45) is 3.03. The van der Waals surface area contributed by atoms with Crippen molar-refractivity contribution in [3.05, 3.63) is 23.7 Å². The molecule has 2 aromatic rings. The fourth-order valence-corrected chi connectivity index (χ4v) is 6.49. The quantitative estimate of drug-likeness (QED) is 0.843. The fourth-order valence-electron chi connectivity index (χ4n) is 6.30. The van der Waals surface area contributed by atoms with Crippen LogP contribution in [0.15, 0.2) is 18.6 Å². The first-order valence-electron chi connectivity index (χ1n) is 8.39. The summed E-state index contributed by atoms with van der Waals surface area (Å²) in [4.78, 5) is 8.49. The lowest BCUT2D eigenvalue weighted by atomic mass is 9.62. The molecule has 2 unspecified atom stereocenters. The number of nitrogens with zero attached hydrogens (tertiary/aromatic N) is 3. The molecule has 1 saturated heterocycles. The molecule has 3 heterocycles. The summed E-state index contributed by atoms with van der Waals surface area (Å²) in [5, 5.41) is 11.8. The predicted molar refractivity (Wildman–Crippen MR) is 85.4 cm³/mol. The number of halogens is 1. The van der Waals surface area contributed by atoms with Crippen molar-refractivity contribution in [2.75, 3.05) is 0 Å². The van der Waals surface area contributed by atoms with E-state index in [9.17, 15) is 5.11 Å². The van der Waals surface area contributed by atoms with E-state index in [1.807, 2.05) is 33.0 Å². The SMILES string of the molecule is CC(O)[C@@]12C3[C@@H]1[C@@H](n1ccc4c(Cl)ncnc41)[C@]31OC(C)(C)O[C@@H]12. The van der Waals surface area contributed by atoms with Gasteiger partial charge in [-0.2, -0.15) is 0 Å². The van der Waals surface area contributed by atoms with Crippen LogP contribution in [0.3, 0.4) is 0 Å². The molecule has 0 radical (unpaired) electrons. The molecule has 3 aliphatic carbocycles. The van der Waals surface area contributed by atoms with E-state index in [0.29, 0.717) is 17.0 Å². The Balaban J connectivity index is 1.53. The molecule has 4 fully saturated rings. The van der Waals surface area contributed by atoms with Crippen LogP contribution in [-0.4, -0.2) is 43.2 Å². The van der Waals surface area contributed by atoms with E-state index in [2.05, 4.69) is 14.5 Å². The van der Waals surface area contributed by atoms with Crippen LogP contribution in [0.5, 0.6) is 0 Å². The largest absolute Gasteiger partial charge is 0.393 e. The average Bonchev–Trinajstić information content (AvgIpc) is 2.74. The summed E-state index contributed by atoms with van der Waals surface area (Å²) < 4.78 is 14.8. The summed E-state index contributed by atoms with van der Waals surface area (Å²) >= 11 is 6.20. The Morgan fingerprint density at radius 1 is 1.38 bits per heavy atom. The second-order valence-electron chi connectivity index (χ2n) is 8.10. The highest BCUT2D eigenvalue weighted by Gasteiger charge is 3.04. The third-order valence-electron chi connectivity index (χ3n) is 6.83. The fraction of sp³-hybridized carbons (Fsp3) is 0.647. The van der Waals surface area contributed by atoms with Gasteiger partial charge in [-0.25, -0.2) is 9.97 Å². The number of aliphatic hydroxyl groups is 1. The zero-order valence-electron chi connectivity index (χ0n) is 13.6. The average molecular weight is 348 g/mol. The highest BCUT2D eigenvalue weighted by molar-refractivity contribution is 6.33. The Kier molecular flexibility index (Phi) is 2.13. The lowest BCUT2D eigenvalue weighted by Crippen LogP contribution is -2.65. The summed E-state index contributed by atoms with van der Waals surface area (Å²) in [6, 6.07) is 2.07. The van der Waals surface area contributed by atoms with Crippen molar-refractivity contribution in [1.82, 2.24) is 14.5 Å². The van der Waals surface area contributed by atoms with Gasteiger partial charge < -0.3 is 19.1 Å². The predicted octanol–water partition coefficient (Wildman–Crippen LogP) is 2.16. The molecule has 1 spiro atoms. The highest BCUT2D eigenvalue weighted by atomic mass is 35.5. The van der Waals surface area contributed by atoms with Gasteiger partial charge in [0.2, 0.25) is 0 Å². The van der Waals surface area contributed by atoms with Crippen LogP contribution < -0.4 is 0 Å². The monoisotopic (exact) mass is 347 g/mol. The number of ether oxygens (including phenoxy) is 2. The highest BCUT2D eigenvalue weighted by Crippen LogP contribution is 2.96. The molecule has 0 amide bonds. The summed E-state index contributed by atoms with van der Waals surface area (Å²) in [6.45, 7) is 5.78. The number of hydrogen-bond donors (Lipinski definition) is 1. The van der Waals surface area contributed by atoms with Crippen molar-refractivity contribution in [3.8, 4) is 0 Å². The second-order valence-corrected chi connectivity index (χ2v) is 8.46. The van der Waals surface area contributed by atoms with E-state index in [1.54, 1.807) is 0 Å². The van der Waals surface area contributed by atoms with Gasteiger partial charge in [-0.15, -0.1) is 0 Å². The van der Waals surface area contributed by atoms with Gasteiger partial charge in [0.05, 0.1) is 17.5 Å². The smallest absolute Gasteiger partial charge is 0.164 e. The van der Waals surface area contributed by atoms with Gasteiger partial charge in [0, 0.05) is 23.4 Å². The molecule has 1 N–H and O–H groups in total. The molecule has 7 atom stereocenters. The van der Waals surface area contributed by atoms with Crippen molar-refractivity contribution < 1.29 is 14.6 Å². The standard InChI is InChI=1S/C17H18ClN3O3/c1-7(22)16-9-10(16)17(14(16)23-15(2,3)24-17)11(9)21-5-4-8-12(18)19-6-20-13(8)21/h4-7,9-11,14,22H,1-3H3/t7?,9-,10?,11-,14-,16+,17-/m1/s1. The van der Waals surface area contributed by atoms with Gasteiger partial charge in [-0.05, 0) is 26.8 Å². The van der Waals surface area contributed by atoms with Crippen molar-refractivity contribution in [1.29, 1.82) is 0 Å². The molecule has 0 aromatic carbocycles. The first-order valence-corrected chi connectivity index (χ1v) is 8.76. The first kappa shape index (κ1) is 14.0. The summed E-state index contributed by atoms with van der Waals surface area (Å²) in [5.74, 6) is 0.109. The molecule has 6 rings (SSSR count). The Bertz CT molecular complexity index is 912. The maximum absolute atomic E-state index is 10.5. The van der Waals surface area contributed by atoms with Crippen molar-refractivity contribution in [2.24, 2.45) is 17.3 Å². The molecular formula is C17H18ClN3O3. The van der Waals surface area contributed by atoms with Crippen LogP contribution in [-0.2, 0) is 9.47 Å². The van der Waals surface area contributed by atoms with Crippen molar-refractivity contribution in [2.45, 2.75) is 50.4 Å². The third kappa shape index (κ3) is 1.13. The molecule has 6 nitrogen and oxygen atoms in total. The van der Waals surface area contributed by atoms with Crippen LogP contribution in [0, 0.1) is 17.3 Å². The number of aromatic nitrogens is 3. The van der Waals surface area contributed by atoms with Crippen LogP contribution in [0.4, 0.5) is 0 Å². The molecular weight excluding hydrogens is 330 g/mol. The molecule has 2 aromatic heterocycles. The molecule has 126 valence electrons. The first-order chi connectivity index (χ1) is 11.4. The Morgan fingerprint density at radius 3 is 2.92 bits per heavy atom. The number of hydrogen-bond acceptors (Lipinski definition) is 5.